The molecule has 2 saturated heterocycles. The average molecular weight is 435 g/mol. The lowest BCUT2D eigenvalue weighted by atomic mass is 9.92. The van der Waals surface area contributed by atoms with Crippen LogP contribution in [0.15, 0.2) is 29.1 Å². The Balaban J connectivity index is 1.28. The number of anilines is 2. The summed E-state index contributed by atoms with van der Waals surface area (Å²) >= 11 is 0. The summed E-state index contributed by atoms with van der Waals surface area (Å²) in [6.07, 6.45) is 4.92. The number of aromatic nitrogens is 4. The fraction of sp³-hybridized carbons (Fsp3) is 0.600. The number of hydrogen-bond donors (Lipinski definition) is 1. The molecule has 0 saturated carbocycles. The topological polar surface area (TPSA) is 106 Å². The van der Waals surface area contributed by atoms with E-state index < -0.39 is 11.7 Å². The minimum absolute atomic E-state index is 0.0465. The van der Waals surface area contributed by atoms with E-state index in [1.165, 1.54) is 0 Å². The quantitative estimate of drug-likeness (QED) is 0.684. The van der Waals surface area contributed by atoms with Crippen LogP contribution in [0.4, 0.5) is 20.7 Å². The Morgan fingerprint density at radius 1 is 1.26 bits per heavy atom. The summed E-state index contributed by atoms with van der Waals surface area (Å²) in [6.45, 7) is 9.30. The van der Waals surface area contributed by atoms with Crippen molar-refractivity contribution in [1.29, 1.82) is 0 Å². The van der Waals surface area contributed by atoms with Crippen LogP contribution in [0.5, 0.6) is 5.75 Å². The molecule has 0 spiro atoms. The minimum Gasteiger partial charge on any atom is -0.487 e. The first-order chi connectivity index (χ1) is 14.7. The minimum atomic E-state index is -3.12. The number of ether oxygens (including phenoxy) is 1. The molecule has 0 aliphatic carbocycles. The lowest BCUT2D eigenvalue weighted by Crippen LogP contribution is -2.39. The highest BCUT2D eigenvalue weighted by molar-refractivity contribution is 5.39. The number of alkyl halides is 2. The van der Waals surface area contributed by atoms with Crippen LogP contribution in [0, 0.1) is 5.92 Å². The molecular formula is C20H27F2N7O2. The molecule has 31 heavy (non-hydrogen) atoms. The van der Waals surface area contributed by atoms with Gasteiger partial charge in [-0.05, 0) is 31.3 Å². The van der Waals surface area contributed by atoms with E-state index in [1.54, 1.807) is 12.4 Å². The van der Waals surface area contributed by atoms with E-state index in [9.17, 15) is 8.78 Å². The van der Waals surface area contributed by atoms with Crippen molar-refractivity contribution in [1.82, 2.24) is 20.1 Å². The number of piperidine rings is 1. The molecule has 0 radical (unpaired) electrons. The molecule has 9 nitrogen and oxygen atoms in total. The van der Waals surface area contributed by atoms with Crippen molar-refractivity contribution in [3.05, 3.63) is 30.4 Å². The summed E-state index contributed by atoms with van der Waals surface area (Å²) in [5.74, 6) is -2.20. The van der Waals surface area contributed by atoms with Crippen molar-refractivity contribution in [2.45, 2.75) is 44.8 Å². The number of hydrogen-bond acceptors (Lipinski definition) is 9. The zero-order chi connectivity index (χ0) is 22.2. The van der Waals surface area contributed by atoms with E-state index in [4.69, 9.17) is 15.0 Å². The van der Waals surface area contributed by atoms with Crippen molar-refractivity contribution in [2.75, 3.05) is 36.0 Å². The van der Waals surface area contributed by atoms with Crippen LogP contribution in [0.1, 0.15) is 32.5 Å². The lowest BCUT2D eigenvalue weighted by Gasteiger charge is -2.33. The van der Waals surface area contributed by atoms with Crippen LogP contribution in [0.2, 0.25) is 0 Å². The number of nitrogens with zero attached hydrogens (tertiary/aromatic N) is 6. The molecule has 2 aromatic heterocycles. The molecule has 0 unspecified atom stereocenters. The second kappa shape index (κ2) is 8.37. The predicted octanol–water partition coefficient (Wildman–Crippen LogP) is 2.36. The zero-order valence-corrected chi connectivity index (χ0v) is 17.7. The van der Waals surface area contributed by atoms with Gasteiger partial charge in [-0.1, -0.05) is 11.7 Å². The molecule has 0 amide bonds. The maximum absolute atomic E-state index is 13.3. The molecule has 0 bridgehead atoms. The highest BCUT2D eigenvalue weighted by Crippen LogP contribution is 2.30. The maximum atomic E-state index is 13.3. The Morgan fingerprint density at radius 2 is 1.94 bits per heavy atom. The van der Waals surface area contributed by atoms with Crippen molar-refractivity contribution >= 4 is 12.0 Å². The Kier molecular flexibility index (Phi) is 5.78. The van der Waals surface area contributed by atoms with Gasteiger partial charge in [-0.25, -0.2) is 9.97 Å². The van der Waals surface area contributed by atoms with Gasteiger partial charge < -0.3 is 24.8 Å². The largest absolute Gasteiger partial charge is 0.487 e. The first kappa shape index (κ1) is 21.4. The first-order valence-electron chi connectivity index (χ1n) is 10.3. The van der Waals surface area contributed by atoms with Gasteiger partial charge in [0.25, 0.3) is 0 Å². The molecule has 168 valence electrons. The highest BCUT2D eigenvalue weighted by Gasteiger charge is 2.33. The summed E-state index contributed by atoms with van der Waals surface area (Å²) in [4.78, 5) is 16.4. The van der Waals surface area contributed by atoms with Gasteiger partial charge in [-0.15, -0.1) is 0 Å². The summed E-state index contributed by atoms with van der Waals surface area (Å²) < 4.78 is 37.7. The van der Waals surface area contributed by atoms with Gasteiger partial charge in [0.15, 0.2) is 5.75 Å². The number of halogens is 2. The third-order valence-corrected chi connectivity index (χ3v) is 5.84. The molecule has 4 rings (SSSR count). The van der Waals surface area contributed by atoms with E-state index >= 15 is 0 Å². The summed E-state index contributed by atoms with van der Waals surface area (Å²) in [5, 5.41) is 3.38. The second-order valence-corrected chi connectivity index (χ2v) is 8.30. The van der Waals surface area contributed by atoms with Crippen LogP contribution in [-0.2, 0) is 5.92 Å². The van der Waals surface area contributed by atoms with Gasteiger partial charge in [0, 0.05) is 39.1 Å². The normalized spacial score (nSPS) is 21.6. The van der Waals surface area contributed by atoms with E-state index in [0.717, 1.165) is 25.3 Å². The fourth-order valence-electron chi connectivity index (χ4n) is 3.87. The van der Waals surface area contributed by atoms with Crippen molar-refractivity contribution in [3.63, 3.8) is 0 Å². The molecule has 2 aromatic rings. The van der Waals surface area contributed by atoms with Gasteiger partial charge in [0.2, 0.25) is 11.8 Å². The van der Waals surface area contributed by atoms with E-state index in [-0.39, 0.29) is 18.2 Å². The van der Waals surface area contributed by atoms with Crippen LogP contribution in [0.3, 0.4) is 0 Å². The van der Waals surface area contributed by atoms with Gasteiger partial charge in [0.1, 0.15) is 0 Å². The molecule has 0 aromatic carbocycles. The van der Waals surface area contributed by atoms with Crippen molar-refractivity contribution in [2.24, 2.45) is 11.7 Å². The van der Waals surface area contributed by atoms with Crippen LogP contribution >= 0.6 is 0 Å². The smallest absolute Gasteiger partial charge is 0.324 e. The Bertz CT molecular complexity index is 907. The molecule has 2 fully saturated rings. The summed E-state index contributed by atoms with van der Waals surface area (Å²) in [6, 6.07) is 0.0828. The molecule has 2 N–H and O–H groups in total. The third-order valence-electron chi connectivity index (χ3n) is 5.84. The molecule has 2 atom stereocenters. The highest BCUT2D eigenvalue weighted by atomic mass is 19.3. The molecule has 2 aliphatic rings. The van der Waals surface area contributed by atoms with E-state index in [0.29, 0.717) is 43.8 Å². The Labute approximate surface area is 179 Å². The Morgan fingerprint density at radius 3 is 2.48 bits per heavy atom. The van der Waals surface area contributed by atoms with E-state index in [1.807, 2.05) is 16.7 Å². The first-order valence-corrected chi connectivity index (χ1v) is 10.3. The van der Waals surface area contributed by atoms with Crippen molar-refractivity contribution < 1.29 is 18.0 Å². The third kappa shape index (κ3) is 4.76. The maximum Gasteiger partial charge on any atom is 0.324 e. The van der Waals surface area contributed by atoms with Gasteiger partial charge in [-0.3, -0.25) is 0 Å². The van der Waals surface area contributed by atoms with E-state index in [2.05, 4.69) is 26.7 Å². The fourth-order valence-corrected chi connectivity index (χ4v) is 3.87. The summed E-state index contributed by atoms with van der Waals surface area (Å²) in [5.41, 5.74) is 6.96. The molecular weight excluding hydrogens is 408 g/mol. The van der Waals surface area contributed by atoms with Crippen LogP contribution in [0.25, 0.3) is 0 Å². The Hall–Kier alpha value is -2.82. The van der Waals surface area contributed by atoms with Crippen LogP contribution in [-0.4, -0.2) is 58.4 Å². The molecule has 2 aliphatic heterocycles. The standard InChI is InChI=1S/C20H27F2N7O2/c1-12-10-29(11-16(12)23)18-24-8-15(9-25-18)30-13(2)14-4-6-28(7-5-14)19-26-17(27-31-19)20(3,21)22/h8-9,13-14,16H,1,4-7,10-11,23H2,2-3H3/t13-,16-/m0/s1. The summed E-state index contributed by atoms with van der Waals surface area (Å²) in [7, 11) is 0. The second-order valence-electron chi connectivity index (χ2n) is 8.30. The number of rotatable bonds is 6. The molecule has 4 heterocycles. The monoisotopic (exact) mass is 435 g/mol. The van der Waals surface area contributed by atoms with Gasteiger partial charge in [0.05, 0.1) is 18.5 Å². The zero-order valence-electron chi connectivity index (χ0n) is 17.7. The van der Waals surface area contributed by atoms with Crippen LogP contribution < -0.4 is 20.3 Å². The SMILES string of the molecule is C=C1CN(c2ncc(O[C@@H](C)C3CCN(c4nc(C(C)(F)F)no4)CC3)cn2)C[C@@H]1N. The number of nitrogens with two attached hydrogens (primary N) is 1. The van der Waals surface area contributed by atoms with Gasteiger partial charge >= 0.3 is 11.9 Å². The average Bonchev–Trinajstić information content (AvgIpc) is 3.36. The lowest BCUT2D eigenvalue weighted by molar-refractivity contribution is 0.00559. The molecule has 11 heteroatoms. The predicted molar refractivity (Wildman–Crippen MR) is 110 cm³/mol. The van der Waals surface area contributed by atoms with Crippen molar-refractivity contribution in [3.8, 4) is 5.75 Å². The van der Waals surface area contributed by atoms with Gasteiger partial charge in [-0.2, -0.15) is 13.8 Å².